The zero-order valence-electron chi connectivity index (χ0n) is 78.4. The van der Waals surface area contributed by atoms with Crippen LogP contribution >= 0.6 is 0 Å². The lowest BCUT2D eigenvalue weighted by Crippen LogP contribution is -2.63. The van der Waals surface area contributed by atoms with E-state index in [9.17, 15) is 48.3 Å². The number of fused-ring (bicyclic) bond motifs is 8. The molecule has 5 aromatic rings. The maximum absolute atomic E-state index is 15.3. The maximum atomic E-state index is 15.3. The highest BCUT2D eigenvalue weighted by molar-refractivity contribution is 6.00. The molecule has 4 aliphatic heterocycles. The number of hydrogen-bond acceptors (Lipinski definition) is 21. The van der Waals surface area contributed by atoms with Gasteiger partial charge in [-0.15, -0.1) is 0 Å². The summed E-state index contributed by atoms with van der Waals surface area (Å²) in [5, 5.41) is 21.7. The summed E-state index contributed by atoms with van der Waals surface area (Å²) in [6, 6.07) is 17.9. The van der Waals surface area contributed by atoms with Gasteiger partial charge in [-0.1, -0.05) is 136 Å². The first-order valence-corrected chi connectivity index (χ1v) is 45.1. The zero-order chi connectivity index (χ0) is 93.1. The van der Waals surface area contributed by atoms with E-state index in [1.165, 1.54) is 107 Å². The Morgan fingerprint density at radius 2 is 1.18 bits per heavy atom. The second kappa shape index (κ2) is 43.2. The Morgan fingerprint density at radius 3 is 1.73 bits per heavy atom. The number of nitrogens with one attached hydrogen (secondary N) is 4. The number of likely N-dealkylation sites (N-methyl/N-ethyl adjacent to an activating group) is 4. The summed E-state index contributed by atoms with van der Waals surface area (Å²) in [5.41, 5.74) is 3.58. The minimum atomic E-state index is -1.97. The van der Waals surface area contributed by atoms with Crippen LogP contribution in [0.1, 0.15) is 180 Å². The summed E-state index contributed by atoms with van der Waals surface area (Å²) in [6.45, 7) is 22.7. The van der Waals surface area contributed by atoms with Crippen LogP contribution < -0.4 is 34.9 Å². The molecule has 30 heteroatoms. The van der Waals surface area contributed by atoms with Crippen molar-refractivity contribution in [2.24, 2.45) is 59.2 Å². The Kier molecular flexibility index (Phi) is 33.6. The van der Waals surface area contributed by atoms with Crippen molar-refractivity contribution in [3.63, 3.8) is 0 Å². The monoisotopic (exact) mass is 1760 g/mol. The van der Waals surface area contributed by atoms with Crippen LogP contribution in [0.15, 0.2) is 91.0 Å². The fourth-order valence-corrected chi connectivity index (χ4v) is 20.5. The van der Waals surface area contributed by atoms with E-state index in [1.54, 1.807) is 99.1 Å². The van der Waals surface area contributed by atoms with Crippen molar-refractivity contribution in [3.05, 3.63) is 119 Å². The van der Waals surface area contributed by atoms with Gasteiger partial charge >= 0.3 is 17.9 Å². The number of rotatable bonds is 21. The van der Waals surface area contributed by atoms with Gasteiger partial charge in [0.25, 0.3) is 5.91 Å². The number of cyclic esters (lactones) is 1. The SMILES string of the molecule is CC[C@@H](C)[C@H]1OC(=O)[C@@H](C(C)(C)O)N(C)C(=O)[C@H](CC(C)C)NC(=O)[C@H](C(C)C)N(C)C(=O)[C@H]([C@@H](C)CC)NC(=O)[C@@H]2CCCN2C(=O)[C@H](Cc2ccccc2)N(C)C(=O)[C@H](Cc2ccccc2)NC(=O)[C@H](C(C)C)N(C)C1=O.COC(=O)[C@H]1C2C[C@H]3C[C@@H]4c5[nH]c6cc(OC)ccc6c5CCN4C[C@H]3CC2C[C@@H](OC(=O)c2cc(OC)c(OC)c(OC)c2)[C@@H]1OC. The molecule has 6 aliphatic rings. The number of methoxy groups -OCH3 is 6. The molecule has 5 fully saturated rings. The number of benzene rings is 4. The Bertz CT molecular complexity index is 4660. The highest BCUT2D eigenvalue weighted by Crippen LogP contribution is 2.55. The van der Waals surface area contributed by atoms with Gasteiger partial charge in [0.2, 0.25) is 47.1 Å². The van der Waals surface area contributed by atoms with Gasteiger partial charge in [-0.3, -0.25) is 48.1 Å². The van der Waals surface area contributed by atoms with E-state index in [1.807, 2.05) is 63.2 Å². The molecular weight excluding hydrogens is 1630 g/mol. The van der Waals surface area contributed by atoms with Gasteiger partial charge in [-0.25, -0.2) is 9.59 Å². The van der Waals surface area contributed by atoms with Crippen LogP contribution in [-0.4, -0.2) is 267 Å². The number of nitrogens with zero attached hydrogens (tertiary/aromatic N) is 6. The summed E-state index contributed by atoms with van der Waals surface area (Å²) < 4.78 is 45.5. The lowest BCUT2D eigenvalue weighted by atomic mass is 9.56. The minimum absolute atomic E-state index is 0.00676. The van der Waals surface area contributed by atoms with E-state index < -0.39 is 161 Å². The number of carbonyl (C=O) groups is 11. The number of aliphatic hydroxyl groups is 1. The molecule has 5 heterocycles. The average molecular weight is 1760 g/mol. The molecule has 0 radical (unpaired) electrons. The molecule has 127 heavy (non-hydrogen) atoms. The summed E-state index contributed by atoms with van der Waals surface area (Å²) in [6.07, 6.45) is 3.40. The number of H-pyrrole nitrogens is 1. The Balaban J connectivity index is 0.000000296. The summed E-state index contributed by atoms with van der Waals surface area (Å²) in [4.78, 5) is 174. The lowest BCUT2D eigenvalue weighted by molar-refractivity contribution is -0.177. The highest BCUT2D eigenvalue weighted by atomic mass is 16.6. The predicted molar refractivity (Wildman–Crippen MR) is 478 cm³/mol. The van der Waals surface area contributed by atoms with Gasteiger partial charge in [-0.05, 0) is 160 Å². The molecule has 2 saturated carbocycles. The number of hydrogen-bond donors (Lipinski definition) is 5. The number of ether oxygens (including phenoxy) is 8. The van der Waals surface area contributed by atoms with Crippen LogP contribution in [0.5, 0.6) is 23.0 Å². The van der Waals surface area contributed by atoms with E-state index in [0.717, 1.165) is 60.5 Å². The smallest absolute Gasteiger partial charge is 0.338 e. The lowest BCUT2D eigenvalue weighted by Gasteiger charge is -2.55. The molecular formula is C97H138N10O20. The van der Waals surface area contributed by atoms with Crippen LogP contribution in [-0.2, 0) is 86.2 Å². The maximum Gasteiger partial charge on any atom is 0.338 e. The van der Waals surface area contributed by atoms with Crippen LogP contribution in [0.2, 0.25) is 0 Å². The first-order valence-electron chi connectivity index (χ1n) is 45.1. The minimum Gasteiger partial charge on any atom is -0.497 e. The third-order valence-corrected chi connectivity index (χ3v) is 27.4. The molecule has 5 N–H and O–H groups in total. The van der Waals surface area contributed by atoms with Crippen molar-refractivity contribution < 1.29 is 95.7 Å². The first kappa shape index (κ1) is 98.8. The molecule has 0 spiro atoms. The molecule has 4 aromatic carbocycles. The van der Waals surface area contributed by atoms with Crippen molar-refractivity contribution in [2.75, 3.05) is 90.5 Å². The van der Waals surface area contributed by atoms with Crippen LogP contribution in [0.3, 0.4) is 0 Å². The molecule has 0 bridgehead atoms. The molecule has 3 saturated heterocycles. The average Bonchev–Trinajstić information content (AvgIpc) is 1.72. The highest BCUT2D eigenvalue weighted by Gasteiger charge is 2.57. The van der Waals surface area contributed by atoms with Gasteiger partial charge in [0, 0.05) is 96.4 Å². The summed E-state index contributed by atoms with van der Waals surface area (Å²) in [7, 11) is 14.9. The van der Waals surface area contributed by atoms with Gasteiger partial charge in [0.05, 0.1) is 58.7 Å². The predicted octanol–water partition coefficient (Wildman–Crippen LogP) is 9.57. The third kappa shape index (κ3) is 22.2. The Morgan fingerprint density at radius 1 is 0.591 bits per heavy atom. The van der Waals surface area contributed by atoms with Crippen molar-refractivity contribution in [1.29, 1.82) is 0 Å². The number of piperidine rings is 1. The van der Waals surface area contributed by atoms with Gasteiger partial charge in [0.1, 0.15) is 60.3 Å². The van der Waals surface area contributed by atoms with E-state index >= 15 is 9.59 Å². The molecule has 1 aromatic heterocycles. The second-order valence-corrected chi connectivity index (χ2v) is 37.4. The fraction of sp³-hybridized carbons (Fsp3) is 0.619. The molecule has 696 valence electrons. The quantitative estimate of drug-likeness (QED) is 0.0337. The number of aromatic amines is 1. The molecule has 30 nitrogen and oxygen atoms in total. The topological polar surface area (TPSA) is 353 Å². The van der Waals surface area contributed by atoms with Crippen molar-refractivity contribution in [3.8, 4) is 23.0 Å². The van der Waals surface area contributed by atoms with Gasteiger partial charge < -0.3 is 88.4 Å². The van der Waals surface area contributed by atoms with E-state index in [2.05, 4.69) is 38.0 Å². The molecule has 11 rings (SSSR count). The molecule has 2 aliphatic carbocycles. The summed E-state index contributed by atoms with van der Waals surface area (Å²) in [5.74, 6) is -6.88. The van der Waals surface area contributed by atoms with Crippen LogP contribution in [0.4, 0.5) is 0 Å². The first-order chi connectivity index (χ1) is 60.3. The van der Waals surface area contributed by atoms with Gasteiger partial charge in [0.15, 0.2) is 23.6 Å². The van der Waals surface area contributed by atoms with E-state index in [-0.39, 0.29) is 61.5 Å². The van der Waals surface area contributed by atoms with E-state index in [4.69, 9.17) is 37.9 Å². The van der Waals surface area contributed by atoms with Crippen LogP contribution in [0.25, 0.3) is 10.9 Å². The van der Waals surface area contributed by atoms with Crippen molar-refractivity contribution >= 4 is 76.1 Å². The summed E-state index contributed by atoms with van der Waals surface area (Å²) >= 11 is 0. The van der Waals surface area contributed by atoms with Crippen LogP contribution in [0, 0.1) is 59.2 Å². The standard InChI is InChI=1S/C60H92N8O11.C37H46N2O9/c1-17-38(9)46-57(75)65(14)47(36(5)6)52(70)61-42(32-35(3)4)55(73)67(16)50(60(11,12)78)59(77)79-49(39(10)18-2)58(76)66(15)48(37(7)8)53(71)62-43(33-40-26-21-19-22-27-40)54(72)64(13)45(34-41-28-23-20-24-29-41)56(74)68-31-25-30-44(68)51(69)63-46;1-42-23-7-8-24-25-9-10-39-18-22-11-20-14-31(48-36(40)21-15-29(43-2)34(45-4)30(16-21)44-3)35(46-5)32(37(41)47-6)26(20)12-19(22)13-28(39)33(25)38-27(24)17-23/h19-24,26-29,35-39,42-50,78H,17-18,25,30-34H2,1-16H3,(H,61,70)(H,62,71)(H,63,69);7-8,15-17,19-20,22,26,28,31-32,35,38H,9-14,18H2,1-6H3/t38-,39+,42-,43-,44-,45-,46-,47-,48-,49+,50-;19-,20?,22+,26?,28+,31+,32-,35-/m00/s1. The molecule has 2 unspecified atom stereocenters. The Hall–Kier alpha value is -10.3. The fourth-order valence-electron chi connectivity index (χ4n) is 20.5. The van der Waals surface area contributed by atoms with Gasteiger partial charge in [-0.2, -0.15) is 0 Å². The van der Waals surface area contributed by atoms with Crippen molar-refractivity contribution in [2.45, 2.75) is 238 Å². The Labute approximate surface area is 748 Å². The van der Waals surface area contributed by atoms with E-state index in [0.29, 0.717) is 66.4 Å². The second-order valence-electron chi connectivity index (χ2n) is 37.4. The molecule has 19 atom stereocenters. The number of amides is 8. The normalized spacial score (nSPS) is 27.6. The molecule has 8 amide bonds. The number of esters is 3. The number of carbonyl (C=O) groups excluding carboxylic acids is 11. The largest absolute Gasteiger partial charge is 0.497 e. The zero-order valence-corrected chi connectivity index (χ0v) is 78.4. The van der Waals surface area contributed by atoms with Crippen molar-refractivity contribution in [1.82, 2.24) is 50.3 Å². The number of aromatic nitrogens is 1. The third-order valence-electron chi connectivity index (χ3n) is 27.4.